The highest BCUT2D eigenvalue weighted by molar-refractivity contribution is 6.28. The average molecular weight is 347 g/mol. The fourth-order valence-electron chi connectivity index (χ4n) is 1.74. The molecule has 2 N–H and O–H groups in total. The van der Waals surface area contributed by atoms with Crippen molar-refractivity contribution in [2.75, 3.05) is 10.6 Å². The van der Waals surface area contributed by atoms with Gasteiger partial charge in [-0.3, -0.25) is 4.98 Å². The topological polar surface area (TPSA) is 75.6 Å². The van der Waals surface area contributed by atoms with E-state index in [-0.39, 0.29) is 23.6 Å². The van der Waals surface area contributed by atoms with Crippen LogP contribution in [-0.2, 0) is 6.54 Å². The Hall–Kier alpha value is -2.16. The average Bonchev–Trinajstić information content (AvgIpc) is 2.50. The summed E-state index contributed by atoms with van der Waals surface area (Å²) in [7, 11) is 0. The van der Waals surface area contributed by atoms with Crippen LogP contribution in [-0.4, -0.2) is 32.2 Å². The number of hydrogen-bond acceptors (Lipinski definition) is 6. The van der Waals surface area contributed by atoms with Gasteiger partial charge < -0.3 is 10.6 Å². The third kappa shape index (κ3) is 5.20. The van der Waals surface area contributed by atoms with Gasteiger partial charge in [0.1, 0.15) is 6.04 Å². The number of nitrogens with one attached hydrogen (secondary N) is 2. The Morgan fingerprint density at radius 3 is 2.52 bits per heavy atom. The van der Waals surface area contributed by atoms with Crippen molar-refractivity contribution >= 4 is 23.5 Å². The minimum atomic E-state index is -4.41. The lowest BCUT2D eigenvalue weighted by molar-refractivity contribution is -0.143. The first kappa shape index (κ1) is 17.2. The van der Waals surface area contributed by atoms with Gasteiger partial charge in [0.05, 0.1) is 12.2 Å². The van der Waals surface area contributed by atoms with Crippen LogP contribution in [0.5, 0.6) is 0 Å². The van der Waals surface area contributed by atoms with Crippen molar-refractivity contribution in [1.82, 2.24) is 19.9 Å². The van der Waals surface area contributed by atoms with Gasteiger partial charge in [-0.15, -0.1) is 0 Å². The molecule has 2 aromatic rings. The zero-order valence-electron chi connectivity index (χ0n) is 12.1. The van der Waals surface area contributed by atoms with Gasteiger partial charge in [0, 0.05) is 6.20 Å². The summed E-state index contributed by atoms with van der Waals surface area (Å²) in [6.07, 6.45) is -2.95. The molecule has 0 amide bonds. The van der Waals surface area contributed by atoms with E-state index in [0.29, 0.717) is 6.54 Å². The molecule has 0 aliphatic heterocycles. The van der Waals surface area contributed by atoms with Crippen LogP contribution in [0, 0.1) is 0 Å². The zero-order chi connectivity index (χ0) is 16.9. The molecule has 0 saturated heterocycles. The lowest BCUT2D eigenvalue weighted by Gasteiger charge is -2.20. The second-order valence-electron chi connectivity index (χ2n) is 4.57. The molecule has 0 aliphatic carbocycles. The Kier molecular flexibility index (Phi) is 5.54. The van der Waals surface area contributed by atoms with Crippen LogP contribution in [0.1, 0.15) is 19.0 Å². The third-order valence-corrected chi connectivity index (χ3v) is 3.04. The van der Waals surface area contributed by atoms with Crippen molar-refractivity contribution in [2.24, 2.45) is 0 Å². The number of alkyl halides is 3. The smallest absolute Gasteiger partial charge is 0.348 e. The number of hydrogen-bond donors (Lipinski definition) is 2. The van der Waals surface area contributed by atoms with E-state index >= 15 is 0 Å². The lowest BCUT2D eigenvalue weighted by atomic mass is 10.2. The van der Waals surface area contributed by atoms with E-state index < -0.39 is 12.2 Å². The maximum absolute atomic E-state index is 12.8. The first-order valence-corrected chi connectivity index (χ1v) is 7.15. The molecule has 0 spiro atoms. The highest BCUT2D eigenvalue weighted by atomic mass is 35.5. The molecule has 10 heteroatoms. The van der Waals surface area contributed by atoms with Crippen LogP contribution in [0.4, 0.5) is 25.1 Å². The second kappa shape index (κ2) is 7.40. The third-order valence-electron chi connectivity index (χ3n) is 2.87. The molecule has 0 aromatic carbocycles. The van der Waals surface area contributed by atoms with Gasteiger partial charge in [-0.2, -0.15) is 28.1 Å². The van der Waals surface area contributed by atoms with Crippen molar-refractivity contribution in [1.29, 1.82) is 0 Å². The number of pyridine rings is 1. The molecule has 0 bridgehead atoms. The number of halogens is 4. The monoisotopic (exact) mass is 346 g/mol. The first-order chi connectivity index (χ1) is 10.9. The van der Waals surface area contributed by atoms with Crippen LogP contribution in [0.2, 0.25) is 5.28 Å². The van der Waals surface area contributed by atoms with Crippen LogP contribution >= 0.6 is 11.6 Å². The maximum atomic E-state index is 12.8. The minimum absolute atomic E-state index is 0.0650. The zero-order valence-corrected chi connectivity index (χ0v) is 12.9. The second-order valence-corrected chi connectivity index (χ2v) is 4.91. The van der Waals surface area contributed by atoms with Gasteiger partial charge in [0.25, 0.3) is 0 Å². The number of rotatable bonds is 6. The van der Waals surface area contributed by atoms with Gasteiger partial charge in [0.15, 0.2) is 0 Å². The van der Waals surface area contributed by atoms with Crippen LogP contribution in [0.3, 0.4) is 0 Å². The number of nitrogens with zero attached hydrogens (tertiary/aromatic N) is 4. The molecule has 23 heavy (non-hydrogen) atoms. The predicted octanol–water partition coefficient (Wildman–Crippen LogP) is 3.28. The molecule has 2 rings (SSSR count). The van der Waals surface area contributed by atoms with Gasteiger partial charge in [-0.05, 0) is 30.2 Å². The molecule has 6 nitrogen and oxygen atoms in total. The Morgan fingerprint density at radius 2 is 1.91 bits per heavy atom. The highest BCUT2D eigenvalue weighted by Gasteiger charge is 2.38. The van der Waals surface area contributed by atoms with Gasteiger partial charge in [-0.25, -0.2) is 0 Å². The van der Waals surface area contributed by atoms with E-state index in [9.17, 15) is 13.2 Å². The van der Waals surface area contributed by atoms with Crippen molar-refractivity contribution in [3.8, 4) is 0 Å². The van der Waals surface area contributed by atoms with Crippen LogP contribution in [0.15, 0.2) is 24.4 Å². The Labute approximate surface area is 135 Å². The lowest BCUT2D eigenvalue weighted by Crippen LogP contribution is -2.36. The van der Waals surface area contributed by atoms with Crippen molar-refractivity contribution in [3.63, 3.8) is 0 Å². The molecular formula is C13H14ClF3N6. The SMILES string of the molecule is CC[C@@H](Nc1nc(Cl)nc(NCc2ccccn2)n1)C(F)(F)F. The Morgan fingerprint density at radius 1 is 1.17 bits per heavy atom. The summed E-state index contributed by atoms with van der Waals surface area (Å²) in [5.41, 5.74) is 0.722. The predicted molar refractivity (Wildman–Crippen MR) is 80.2 cm³/mol. The molecule has 0 fully saturated rings. The van der Waals surface area contributed by atoms with E-state index in [2.05, 4.69) is 30.6 Å². The van der Waals surface area contributed by atoms with E-state index in [4.69, 9.17) is 11.6 Å². The molecule has 0 unspecified atom stereocenters. The van der Waals surface area contributed by atoms with Crippen LogP contribution < -0.4 is 10.6 Å². The molecule has 2 heterocycles. The minimum Gasteiger partial charge on any atom is -0.348 e. The summed E-state index contributed by atoms with van der Waals surface area (Å²) in [4.78, 5) is 15.5. The molecule has 124 valence electrons. The molecule has 0 saturated carbocycles. The normalized spacial score (nSPS) is 12.7. The van der Waals surface area contributed by atoms with E-state index in [1.54, 1.807) is 18.3 Å². The van der Waals surface area contributed by atoms with Gasteiger partial charge in [0.2, 0.25) is 17.2 Å². The summed E-state index contributed by atoms with van der Waals surface area (Å²) in [5.74, 6) is -0.173. The van der Waals surface area contributed by atoms with Gasteiger partial charge in [-0.1, -0.05) is 13.0 Å². The number of anilines is 2. The molecule has 1 atom stereocenters. The quantitative estimate of drug-likeness (QED) is 0.836. The Balaban J connectivity index is 2.09. The Bertz CT molecular complexity index is 637. The fraction of sp³-hybridized carbons (Fsp3) is 0.385. The fourth-order valence-corrected chi connectivity index (χ4v) is 1.90. The van der Waals surface area contributed by atoms with E-state index in [1.165, 1.54) is 6.92 Å². The van der Waals surface area contributed by atoms with Crippen LogP contribution in [0.25, 0.3) is 0 Å². The number of aromatic nitrogens is 4. The molecule has 0 radical (unpaired) electrons. The van der Waals surface area contributed by atoms with Crippen molar-refractivity contribution in [3.05, 3.63) is 35.4 Å². The van der Waals surface area contributed by atoms with Crippen molar-refractivity contribution < 1.29 is 13.2 Å². The van der Waals surface area contributed by atoms with E-state index in [0.717, 1.165) is 5.69 Å². The first-order valence-electron chi connectivity index (χ1n) is 6.77. The van der Waals surface area contributed by atoms with Crippen molar-refractivity contribution in [2.45, 2.75) is 32.1 Å². The maximum Gasteiger partial charge on any atom is 0.408 e. The summed E-state index contributed by atoms with van der Waals surface area (Å²) < 4.78 is 38.4. The molecule has 0 aliphatic rings. The summed E-state index contributed by atoms with van der Waals surface area (Å²) in [5, 5.41) is 4.86. The standard InChI is InChI=1S/C13H14ClF3N6/c1-2-9(13(15,16)17)20-12-22-10(14)21-11(23-12)19-7-8-5-3-4-6-18-8/h3-6,9H,2,7H2,1H3,(H2,19,20,21,22,23)/t9-/m1/s1. The van der Waals surface area contributed by atoms with Gasteiger partial charge >= 0.3 is 6.18 Å². The largest absolute Gasteiger partial charge is 0.408 e. The summed E-state index contributed by atoms with van der Waals surface area (Å²) in [6.45, 7) is 1.71. The molecule has 2 aromatic heterocycles. The summed E-state index contributed by atoms with van der Waals surface area (Å²) >= 11 is 5.73. The molecular weight excluding hydrogens is 333 g/mol. The highest BCUT2D eigenvalue weighted by Crippen LogP contribution is 2.25. The van der Waals surface area contributed by atoms with E-state index in [1.807, 2.05) is 6.07 Å². The summed E-state index contributed by atoms with van der Waals surface area (Å²) in [6, 6.07) is 3.61.